The van der Waals surface area contributed by atoms with Gasteiger partial charge in [0.25, 0.3) is 5.91 Å². The van der Waals surface area contributed by atoms with E-state index in [1.807, 2.05) is 0 Å². The Bertz CT molecular complexity index is 995. The maximum absolute atomic E-state index is 14.1. The molecule has 0 radical (unpaired) electrons. The summed E-state index contributed by atoms with van der Waals surface area (Å²) in [6.45, 7) is 0. The molecule has 27 heavy (non-hydrogen) atoms. The summed E-state index contributed by atoms with van der Waals surface area (Å²) in [4.78, 5) is 24.2. The fraction of sp³-hybridized carbons (Fsp3) is 0. The number of halogens is 2. The van der Waals surface area contributed by atoms with E-state index in [4.69, 9.17) is 5.73 Å². The number of allylic oxidation sites excluding steroid dienone is 3. The topological polar surface area (TPSA) is 96.2 Å². The summed E-state index contributed by atoms with van der Waals surface area (Å²) in [5, 5.41) is 8.04. The lowest BCUT2D eigenvalue weighted by atomic mass is 10.1. The third-order valence-corrected chi connectivity index (χ3v) is 4.57. The molecule has 138 valence electrons. The summed E-state index contributed by atoms with van der Waals surface area (Å²) < 4.78 is 27.2. The van der Waals surface area contributed by atoms with Gasteiger partial charge in [-0.1, -0.05) is 6.08 Å². The van der Waals surface area contributed by atoms with Crippen molar-refractivity contribution in [1.82, 2.24) is 10.6 Å². The fourth-order valence-corrected chi connectivity index (χ4v) is 3.40. The van der Waals surface area contributed by atoms with Crippen LogP contribution in [0.1, 0.15) is 10.4 Å². The first kappa shape index (κ1) is 18.3. The van der Waals surface area contributed by atoms with Crippen LogP contribution in [-0.4, -0.2) is 11.9 Å². The Morgan fingerprint density at radius 2 is 1.93 bits per heavy atom. The van der Waals surface area contributed by atoms with E-state index in [9.17, 15) is 18.4 Å². The second-order valence-electron chi connectivity index (χ2n) is 5.41. The molecule has 0 saturated carbocycles. The summed E-state index contributed by atoms with van der Waals surface area (Å²) in [6, 6.07) is 3.66. The predicted octanol–water partition coefficient (Wildman–Crippen LogP) is 3.43. The highest BCUT2D eigenvalue weighted by atomic mass is 32.1. The predicted molar refractivity (Wildman–Crippen MR) is 99.8 cm³/mol. The van der Waals surface area contributed by atoms with Gasteiger partial charge in [0, 0.05) is 28.9 Å². The van der Waals surface area contributed by atoms with Crippen molar-refractivity contribution in [3.63, 3.8) is 0 Å². The second kappa shape index (κ2) is 7.83. The number of nitrogens with one attached hydrogen (secondary N) is 3. The summed E-state index contributed by atoms with van der Waals surface area (Å²) in [5.74, 6) is -2.02. The molecule has 0 spiro atoms. The molecule has 0 saturated heterocycles. The van der Waals surface area contributed by atoms with Gasteiger partial charge in [0.05, 0.1) is 11.3 Å². The average molecular weight is 388 g/mol. The van der Waals surface area contributed by atoms with Gasteiger partial charge < -0.3 is 16.4 Å². The van der Waals surface area contributed by atoms with Crippen LogP contribution in [0.15, 0.2) is 60.6 Å². The molecule has 0 unspecified atom stereocenters. The van der Waals surface area contributed by atoms with E-state index in [1.54, 1.807) is 30.6 Å². The molecule has 0 fully saturated rings. The number of benzene rings is 1. The number of primary amides is 1. The molecule has 1 aliphatic rings. The van der Waals surface area contributed by atoms with Crippen LogP contribution in [0.3, 0.4) is 0 Å². The summed E-state index contributed by atoms with van der Waals surface area (Å²) in [7, 11) is 0. The maximum atomic E-state index is 14.1. The van der Waals surface area contributed by atoms with Crippen LogP contribution in [0.25, 0.3) is 10.4 Å². The second-order valence-corrected chi connectivity index (χ2v) is 6.46. The Kier molecular flexibility index (Phi) is 5.32. The molecule has 1 aliphatic heterocycles. The minimum Gasteiger partial charge on any atom is -0.366 e. The summed E-state index contributed by atoms with van der Waals surface area (Å²) in [6.07, 6.45) is 8.39. The molecular formula is C18H14F2N4O2S. The van der Waals surface area contributed by atoms with Gasteiger partial charge in [-0.3, -0.25) is 10.1 Å². The SMILES string of the molecule is NC(=O)Nc1sc(-c2ccc(F)cc2F)cc1C(=O)NC1=CNC=CC=C1. The Balaban J connectivity index is 1.95. The molecule has 0 aliphatic carbocycles. The zero-order valence-electron chi connectivity index (χ0n) is 13.8. The van der Waals surface area contributed by atoms with Gasteiger partial charge in [-0.15, -0.1) is 11.3 Å². The molecule has 6 nitrogen and oxygen atoms in total. The van der Waals surface area contributed by atoms with E-state index < -0.39 is 23.6 Å². The Hall–Kier alpha value is -3.46. The minimum absolute atomic E-state index is 0.101. The van der Waals surface area contributed by atoms with Gasteiger partial charge in [-0.05, 0) is 30.4 Å². The average Bonchev–Trinajstić information content (AvgIpc) is 2.83. The van der Waals surface area contributed by atoms with Crippen molar-refractivity contribution >= 4 is 28.3 Å². The van der Waals surface area contributed by atoms with Crippen LogP contribution >= 0.6 is 11.3 Å². The van der Waals surface area contributed by atoms with Crippen LogP contribution in [0.2, 0.25) is 0 Å². The van der Waals surface area contributed by atoms with Crippen molar-refractivity contribution in [2.24, 2.45) is 5.73 Å². The van der Waals surface area contributed by atoms with Crippen molar-refractivity contribution < 1.29 is 18.4 Å². The fourth-order valence-electron chi connectivity index (χ4n) is 2.32. The number of anilines is 1. The van der Waals surface area contributed by atoms with E-state index >= 15 is 0 Å². The maximum Gasteiger partial charge on any atom is 0.317 e. The van der Waals surface area contributed by atoms with Gasteiger partial charge in [-0.2, -0.15) is 0 Å². The van der Waals surface area contributed by atoms with E-state index in [-0.39, 0.29) is 16.1 Å². The Labute approximate surface area is 157 Å². The lowest BCUT2D eigenvalue weighted by Crippen LogP contribution is -2.25. The number of nitrogens with two attached hydrogens (primary N) is 1. The van der Waals surface area contributed by atoms with E-state index in [0.717, 1.165) is 23.5 Å². The third kappa shape index (κ3) is 4.39. The molecule has 3 amide bonds. The van der Waals surface area contributed by atoms with Crippen LogP contribution in [0.4, 0.5) is 18.6 Å². The monoisotopic (exact) mass is 388 g/mol. The molecule has 3 rings (SSSR count). The van der Waals surface area contributed by atoms with Crippen LogP contribution in [0.5, 0.6) is 0 Å². The molecule has 0 atom stereocenters. The Morgan fingerprint density at radius 3 is 2.67 bits per heavy atom. The normalized spacial score (nSPS) is 12.7. The molecule has 2 aromatic rings. The van der Waals surface area contributed by atoms with Crippen molar-refractivity contribution in [3.05, 3.63) is 77.8 Å². The number of hydrogen-bond acceptors (Lipinski definition) is 4. The van der Waals surface area contributed by atoms with E-state index in [0.29, 0.717) is 10.6 Å². The summed E-state index contributed by atoms with van der Waals surface area (Å²) in [5.41, 5.74) is 5.84. The lowest BCUT2D eigenvalue weighted by Gasteiger charge is -2.06. The number of thiophene rings is 1. The van der Waals surface area contributed by atoms with Crippen molar-refractivity contribution in [3.8, 4) is 10.4 Å². The van der Waals surface area contributed by atoms with Gasteiger partial charge in [-0.25, -0.2) is 13.6 Å². The minimum atomic E-state index is -0.864. The molecule has 9 heteroatoms. The quantitative estimate of drug-likeness (QED) is 0.646. The molecule has 0 bridgehead atoms. The first-order valence-corrected chi connectivity index (χ1v) is 8.52. The molecule has 2 heterocycles. The highest BCUT2D eigenvalue weighted by molar-refractivity contribution is 7.20. The lowest BCUT2D eigenvalue weighted by molar-refractivity contribution is 0.0968. The highest BCUT2D eigenvalue weighted by Gasteiger charge is 2.20. The first-order valence-electron chi connectivity index (χ1n) is 7.70. The van der Waals surface area contributed by atoms with Crippen molar-refractivity contribution in [2.45, 2.75) is 0 Å². The zero-order valence-corrected chi connectivity index (χ0v) is 14.6. The standard InChI is InChI=1S/C18H14F2N4O2S/c19-10-4-5-12(14(20)7-10)15-8-13(17(27-15)24-18(21)26)16(25)23-11-3-1-2-6-22-9-11/h1-9,22H,(H,23,25)(H3,21,24,26). The number of carbonyl (C=O) groups is 2. The largest absolute Gasteiger partial charge is 0.366 e. The number of urea groups is 1. The Morgan fingerprint density at radius 1 is 1.11 bits per heavy atom. The van der Waals surface area contributed by atoms with Crippen molar-refractivity contribution in [2.75, 3.05) is 5.32 Å². The summed E-state index contributed by atoms with van der Waals surface area (Å²) >= 11 is 0.955. The van der Waals surface area contributed by atoms with Gasteiger partial charge in [0.2, 0.25) is 0 Å². The van der Waals surface area contributed by atoms with Crippen LogP contribution in [-0.2, 0) is 0 Å². The van der Waals surface area contributed by atoms with Crippen molar-refractivity contribution in [1.29, 1.82) is 0 Å². The van der Waals surface area contributed by atoms with E-state index in [2.05, 4.69) is 16.0 Å². The molecule has 5 N–H and O–H groups in total. The first-order chi connectivity index (χ1) is 12.9. The van der Waals surface area contributed by atoms with Gasteiger partial charge in [0.1, 0.15) is 16.6 Å². The smallest absolute Gasteiger partial charge is 0.317 e. The number of amides is 3. The van der Waals surface area contributed by atoms with Gasteiger partial charge in [0.15, 0.2) is 0 Å². The van der Waals surface area contributed by atoms with Crippen LogP contribution < -0.4 is 21.7 Å². The number of carbonyl (C=O) groups excluding carboxylic acids is 2. The number of hydrogen-bond donors (Lipinski definition) is 4. The van der Waals surface area contributed by atoms with Crippen LogP contribution in [0, 0.1) is 11.6 Å². The molecule has 1 aromatic heterocycles. The third-order valence-electron chi connectivity index (χ3n) is 3.49. The van der Waals surface area contributed by atoms with E-state index in [1.165, 1.54) is 12.1 Å². The molecule has 1 aromatic carbocycles. The van der Waals surface area contributed by atoms with Gasteiger partial charge >= 0.3 is 6.03 Å². The zero-order chi connectivity index (χ0) is 19.4. The highest BCUT2D eigenvalue weighted by Crippen LogP contribution is 2.37. The molecular weight excluding hydrogens is 374 g/mol. The number of rotatable bonds is 4.